The molecule has 1 aromatic heterocycles. The average Bonchev–Trinajstić information content (AvgIpc) is 2.71. The topological polar surface area (TPSA) is 62.3 Å². The zero-order valence-corrected chi connectivity index (χ0v) is 10.1. The van der Waals surface area contributed by atoms with E-state index in [1.54, 1.807) is 14.2 Å². The van der Waals surface area contributed by atoms with Crippen LogP contribution >= 0.6 is 0 Å². The minimum absolute atomic E-state index is 0.633. The van der Waals surface area contributed by atoms with E-state index in [1.807, 2.05) is 18.5 Å². The Bertz CT molecular complexity index is 508. The summed E-state index contributed by atoms with van der Waals surface area (Å²) < 4.78 is 12.3. The average molecular weight is 235 g/mol. The SMILES string of the molecule is COCCCn1cnc2cc(OC)c(N)cc21. The van der Waals surface area contributed by atoms with Crippen LogP contribution < -0.4 is 10.5 Å². The van der Waals surface area contributed by atoms with Crippen molar-refractivity contribution in [3.63, 3.8) is 0 Å². The predicted octanol–water partition coefficient (Wildman–Crippen LogP) is 1.66. The Balaban J connectivity index is 2.30. The largest absolute Gasteiger partial charge is 0.495 e. The first-order valence-corrected chi connectivity index (χ1v) is 5.53. The second-order valence-corrected chi connectivity index (χ2v) is 3.87. The lowest BCUT2D eigenvalue weighted by Crippen LogP contribution is -2.00. The van der Waals surface area contributed by atoms with Crippen molar-refractivity contribution in [2.75, 3.05) is 26.6 Å². The highest BCUT2D eigenvalue weighted by atomic mass is 16.5. The lowest BCUT2D eigenvalue weighted by molar-refractivity contribution is 0.190. The maximum atomic E-state index is 5.89. The first-order chi connectivity index (χ1) is 8.26. The van der Waals surface area contributed by atoms with E-state index in [9.17, 15) is 0 Å². The van der Waals surface area contributed by atoms with Gasteiger partial charge < -0.3 is 19.8 Å². The van der Waals surface area contributed by atoms with Gasteiger partial charge in [-0.25, -0.2) is 4.98 Å². The molecular formula is C12H17N3O2. The lowest BCUT2D eigenvalue weighted by Gasteiger charge is -2.06. The predicted molar refractivity (Wildman–Crippen MR) is 67.2 cm³/mol. The summed E-state index contributed by atoms with van der Waals surface area (Å²) in [5.41, 5.74) is 8.45. The van der Waals surface area contributed by atoms with Gasteiger partial charge in [0.15, 0.2) is 0 Å². The normalized spacial score (nSPS) is 10.9. The molecule has 0 radical (unpaired) electrons. The summed E-state index contributed by atoms with van der Waals surface area (Å²) in [6.07, 6.45) is 2.77. The third kappa shape index (κ3) is 2.34. The summed E-state index contributed by atoms with van der Waals surface area (Å²) in [6, 6.07) is 3.76. The van der Waals surface area contributed by atoms with Crippen molar-refractivity contribution >= 4 is 16.7 Å². The zero-order chi connectivity index (χ0) is 12.3. The number of hydrogen-bond acceptors (Lipinski definition) is 4. The highest BCUT2D eigenvalue weighted by Crippen LogP contribution is 2.27. The fraction of sp³-hybridized carbons (Fsp3) is 0.417. The molecule has 2 N–H and O–H groups in total. The van der Waals surface area contributed by atoms with Crippen LogP contribution in [0.1, 0.15) is 6.42 Å². The van der Waals surface area contributed by atoms with Crippen LogP contribution in [-0.2, 0) is 11.3 Å². The van der Waals surface area contributed by atoms with Crippen LogP contribution in [0.25, 0.3) is 11.0 Å². The molecule has 0 aliphatic rings. The molecule has 0 aliphatic heterocycles. The smallest absolute Gasteiger partial charge is 0.144 e. The molecule has 0 saturated heterocycles. The molecule has 2 aromatic rings. The molecule has 0 unspecified atom stereocenters. The molecule has 2 rings (SSSR count). The van der Waals surface area contributed by atoms with Crippen molar-refractivity contribution in [3.05, 3.63) is 18.5 Å². The number of methoxy groups -OCH3 is 2. The molecule has 1 aromatic carbocycles. The van der Waals surface area contributed by atoms with Crippen molar-refractivity contribution in [1.82, 2.24) is 9.55 Å². The van der Waals surface area contributed by atoms with E-state index >= 15 is 0 Å². The third-order valence-electron chi connectivity index (χ3n) is 2.72. The van der Waals surface area contributed by atoms with Gasteiger partial charge in [0.2, 0.25) is 0 Å². The number of rotatable bonds is 5. The first kappa shape index (κ1) is 11.7. The molecule has 0 atom stereocenters. The van der Waals surface area contributed by atoms with Gasteiger partial charge in [0.25, 0.3) is 0 Å². The van der Waals surface area contributed by atoms with Gasteiger partial charge in [-0.3, -0.25) is 0 Å². The number of aryl methyl sites for hydroxylation is 1. The zero-order valence-electron chi connectivity index (χ0n) is 10.1. The van der Waals surface area contributed by atoms with E-state index in [4.69, 9.17) is 15.2 Å². The molecule has 92 valence electrons. The number of ether oxygens (including phenoxy) is 2. The van der Waals surface area contributed by atoms with E-state index in [2.05, 4.69) is 9.55 Å². The molecule has 0 amide bonds. The Kier molecular flexibility index (Phi) is 3.49. The van der Waals surface area contributed by atoms with Crippen molar-refractivity contribution < 1.29 is 9.47 Å². The standard InChI is InChI=1S/C12H17N3O2/c1-16-5-3-4-15-8-14-10-7-12(17-2)9(13)6-11(10)15/h6-8H,3-5,13H2,1-2H3. The van der Waals surface area contributed by atoms with Gasteiger partial charge in [0.05, 0.1) is 30.2 Å². The second kappa shape index (κ2) is 5.05. The van der Waals surface area contributed by atoms with Crippen LogP contribution in [0.3, 0.4) is 0 Å². The highest BCUT2D eigenvalue weighted by Gasteiger charge is 2.07. The van der Waals surface area contributed by atoms with Gasteiger partial charge in [-0.15, -0.1) is 0 Å². The minimum atomic E-state index is 0.633. The Morgan fingerprint density at radius 3 is 2.88 bits per heavy atom. The van der Waals surface area contributed by atoms with E-state index in [0.29, 0.717) is 11.4 Å². The molecule has 5 heteroatoms. The van der Waals surface area contributed by atoms with E-state index < -0.39 is 0 Å². The Labute approximate surface area is 100 Å². The third-order valence-corrected chi connectivity index (χ3v) is 2.72. The molecule has 0 saturated carbocycles. The summed E-state index contributed by atoms with van der Waals surface area (Å²) in [7, 11) is 3.31. The van der Waals surface area contributed by atoms with E-state index in [1.165, 1.54) is 0 Å². The molecule has 17 heavy (non-hydrogen) atoms. The van der Waals surface area contributed by atoms with Crippen molar-refractivity contribution in [1.29, 1.82) is 0 Å². The van der Waals surface area contributed by atoms with Crippen LogP contribution in [-0.4, -0.2) is 30.4 Å². The van der Waals surface area contributed by atoms with E-state index in [0.717, 1.165) is 30.6 Å². The van der Waals surface area contributed by atoms with Gasteiger partial charge in [-0.2, -0.15) is 0 Å². The molecule has 0 fully saturated rings. The Morgan fingerprint density at radius 1 is 1.35 bits per heavy atom. The number of nitrogens with two attached hydrogens (primary N) is 1. The fourth-order valence-electron chi connectivity index (χ4n) is 1.84. The second-order valence-electron chi connectivity index (χ2n) is 3.87. The molecule has 0 aliphatic carbocycles. The van der Waals surface area contributed by atoms with Crippen LogP contribution in [0.4, 0.5) is 5.69 Å². The summed E-state index contributed by atoms with van der Waals surface area (Å²) in [5.74, 6) is 0.666. The molecule has 1 heterocycles. The van der Waals surface area contributed by atoms with Crippen LogP contribution in [0.2, 0.25) is 0 Å². The van der Waals surface area contributed by atoms with Gasteiger partial charge >= 0.3 is 0 Å². The van der Waals surface area contributed by atoms with Crippen LogP contribution in [0.5, 0.6) is 5.75 Å². The van der Waals surface area contributed by atoms with Crippen LogP contribution in [0, 0.1) is 0 Å². The summed E-state index contributed by atoms with van der Waals surface area (Å²) >= 11 is 0. The quantitative estimate of drug-likeness (QED) is 0.632. The van der Waals surface area contributed by atoms with Gasteiger partial charge in [-0.05, 0) is 12.5 Å². The fourth-order valence-corrected chi connectivity index (χ4v) is 1.84. The Hall–Kier alpha value is -1.75. The lowest BCUT2D eigenvalue weighted by atomic mass is 10.2. The van der Waals surface area contributed by atoms with E-state index in [-0.39, 0.29) is 0 Å². The monoisotopic (exact) mass is 235 g/mol. The van der Waals surface area contributed by atoms with Gasteiger partial charge in [0, 0.05) is 26.3 Å². The number of aromatic nitrogens is 2. The summed E-state index contributed by atoms with van der Waals surface area (Å²) in [5, 5.41) is 0. The molecule has 0 spiro atoms. The van der Waals surface area contributed by atoms with Crippen molar-refractivity contribution in [3.8, 4) is 5.75 Å². The number of fused-ring (bicyclic) bond motifs is 1. The van der Waals surface area contributed by atoms with Crippen molar-refractivity contribution in [2.45, 2.75) is 13.0 Å². The molecule has 0 bridgehead atoms. The first-order valence-electron chi connectivity index (χ1n) is 5.53. The number of benzene rings is 1. The highest BCUT2D eigenvalue weighted by molar-refractivity contribution is 5.82. The number of imidazole rings is 1. The molecule has 5 nitrogen and oxygen atoms in total. The van der Waals surface area contributed by atoms with Gasteiger partial charge in [-0.1, -0.05) is 0 Å². The maximum Gasteiger partial charge on any atom is 0.144 e. The van der Waals surface area contributed by atoms with Gasteiger partial charge in [0.1, 0.15) is 5.75 Å². The summed E-state index contributed by atoms with van der Waals surface area (Å²) in [4.78, 5) is 4.33. The summed E-state index contributed by atoms with van der Waals surface area (Å²) in [6.45, 7) is 1.61. The van der Waals surface area contributed by atoms with Crippen LogP contribution in [0.15, 0.2) is 18.5 Å². The number of anilines is 1. The van der Waals surface area contributed by atoms with Crippen molar-refractivity contribution in [2.24, 2.45) is 0 Å². The Morgan fingerprint density at radius 2 is 2.18 bits per heavy atom. The number of hydrogen-bond donors (Lipinski definition) is 1. The number of nitrogen functional groups attached to an aromatic ring is 1. The minimum Gasteiger partial charge on any atom is -0.495 e. The molecular weight excluding hydrogens is 218 g/mol. The maximum absolute atomic E-state index is 5.89. The number of nitrogens with zero attached hydrogens (tertiary/aromatic N) is 2.